The molecule has 10 heavy (non-hydrogen) atoms. The molecule has 0 saturated carbocycles. The van der Waals surface area contributed by atoms with E-state index in [0.717, 1.165) is 19.6 Å². The van der Waals surface area contributed by atoms with E-state index in [-0.39, 0.29) is 5.84 Å². The van der Waals surface area contributed by atoms with E-state index in [0.29, 0.717) is 13.3 Å². The molecule has 58 valence electrons. The van der Waals surface area contributed by atoms with Crippen LogP contribution in [0.2, 0.25) is 0 Å². The predicted octanol–water partition coefficient (Wildman–Crippen LogP) is -0.398. The molecule has 0 bridgehead atoms. The summed E-state index contributed by atoms with van der Waals surface area (Å²) in [6.07, 6.45) is 1.05. The quantitative estimate of drug-likeness (QED) is 0.408. The molecule has 0 aromatic heterocycles. The second-order valence-electron chi connectivity index (χ2n) is 2.47. The largest absolute Gasteiger partial charge is 0.387 e. The summed E-state index contributed by atoms with van der Waals surface area (Å²) < 4.78 is 5.16. The minimum absolute atomic E-state index is 0.213. The van der Waals surface area contributed by atoms with Gasteiger partial charge in [-0.1, -0.05) is 0 Å². The van der Waals surface area contributed by atoms with Gasteiger partial charge in [-0.2, -0.15) is 0 Å². The van der Waals surface area contributed by atoms with Crippen LogP contribution in [-0.2, 0) is 4.74 Å². The fourth-order valence-electron chi connectivity index (χ4n) is 1.01. The Morgan fingerprint density at radius 3 is 3.00 bits per heavy atom. The van der Waals surface area contributed by atoms with Crippen LogP contribution in [0.4, 0.5) is 0 Å². The maximum absolute atomic E-state index is 7.01. The zero-order valence-corrected chi connectivity index (χ0v) is 5.97. The van der Waals surface area contributed by atoms with Crippen LogP contribution in [0.3, 0.4) is 0 Å². The maximum Gasteiger partial charge on any atom is 0.105 e. The standard InChI is InChI=1S/C6H13N3O/c7-6(8)4-9-2-1-3-10-5-9/h1-5H2,(H3,7,8). The molecule has 0 aromatic carbocycles. The van der Waals surface area contributed by atoms with E-state index < -0.39 is 0 Å². The lowest BCUT2D eigenvalue weighted by atomic mass is 10.3. The van der Waals surface area contributed by atoms with E-state index in [1.807, 2.05) is 4.90 Å². The Bertz CT molecular complexity index is 120. The lowest BCUT2D eigenvalue weighted by Crippen LogP contribution is -2.39. The molecule has 1 aliphatic heterocycles. The number of hydrogen-bond acceptors (Lipinski definition) is 3. The number of nitrogens with one attached hydrogen (secondary N) is 1. The van der Waals surface area contributed by atoms with Gasteiger partial charge in [-0.05, 0) is 6.42 Å². The van der Waals surface area contributed by atoms with Gasteiger partial charge in [0.15, 0.2) is 0 Å². The molecule has 1 rings (SSSR count). The Hall–Kier alpha value is -0.610. The average molecular weight is 143 g/mol. The van der Waals surface area contributed by atoms with Crippen LogP contribution in [0.15, 0.2) is 0 Å². The molecule has 1 heterocycles. The number of nitrogens with zero attached hydrogens (tertiary/aromatic N) is 1. The topological polar surface area (TPSA) is 62.3 Å². The Morgan fingerprint density at radius 2 is 2.50 bits per heavy atom. The smallest absolute Gasteiger partial charge is 0.105 e. The molecule has 1 aliphatic rings. The molecule has 0 aliphatic carbocycles. The minimum Gasteiger partial charge on any atom is -0.387 e. The van der Waals surface area contributed by atoms with Gasteiger partial charge < -0.3 is 10.5 Å². The van der Waals surface area contributed by atoms with Gasteiger partial charge in [0.2, 0.25) is 0 Å². The Kier molecular flexibility index (Phi) is 2.65. The van der Waals surface area contributed by atoms with Gasteiger partial charge in [0, 0.05) is 13.2 Å². The van der Waals surface area contributed by atoms with Gasteiger partial charge in [-0.3, -0.25) is 10.3 Å². The molecular weight excluding hydrogens is 130 g/mol. The lowest BCUT2D eigenvalue weighted by Gasteiger charge is -2.25. The maximum atomic E-state index is 7.01. The fraction of sp³-hybridized carbons (Fsp3) is 0.833. The summed E-state index contributed by atoms with van der Waals surface area (Å²) >= 11 is 0. The summed E-state index contributed by atoms with van der Waals surface area (Å²) in [5.41, 5.74) is 5.21. The monoisotopic (exact) mass is 143 g/mol. The average Bonchev–Trinajstić information content (AvgIpc) is 1.88. The number of rotatable bonds is 2. The number of amidine groups is 1. The van der Waals surface area contributed by atoms with Crippen molar-refractivity contribution in [2.24, 2.45) is 5.73 Å². The Balaban J connectivity index is 2.19. The van der Waals surface area contributed by atoms with Crippen LogP contribution in [-0.4, -0.2) is 37.2 Å². The van der Waals surface area contributed by atoms with Gasteiger partial charge in [0.1, 0.15) is 5.84 Å². The van der Waals surface area contributed by atoms with Gasteiger partial charge in [-0.15, -0.1) is 0 Å². The van der Waals surface area contributed by atoms with Gasteiger partial charge >= 0.3 is 0 Å². The van der Waals surface area contributed by atoms with Crippen molar-refractivity contribution >= 4 is 5.84 Å². The minimum atomic E-state index is 0.213. The van der Waals surface area contributed by atoms with E-state index in [1.165, 1.54) is 0 Å². The molecular formula is C6H13N3O. The van der Waals surface area contributed by atoms with E-state index in [9.17, 15) is 0 Å². The second kappa shape index (κ2) is 3.53. The lowest BCUT2D eigenvalue weighted by molar-refractivity contribution is -0.00503. The van der Waals surface area contributed by atoms with Gasteiger partial charge in [0.05, 0.1) is 13.3 Å². The van der Waals surface area contributed by atoms with Crippen molar-refractivity contribution in [2.75, 3.05) is 26.4 Å². The normalized spacial score (nSPS) is 20.8. The molecule has 1 saturated heterocycles. The molecule has 0 atom stereocenters. The van der Waals surface area contributed by atoms with Crippen molar-refractivity contribution in [3.05, 3.63) is 0 Å². The van der Waals surface area contributed by atoms with Crippen molar-refractivity contribution < 1.29 is 4.74 Å². The third-order valence-corrected chi connectivity index (χ3v) is 1.43. The SMILES string of the molecule is N=C(N)CN1CCCOC1. The van der Waals surface area contributed by atoms with Crippen LogP contribution >= 0.6 is 0 Å². The van der Waals surface area contributed by atoms with Crippen molar-refractivity contribution in [3.8, 4) is 0 Å². The van der Waals surface area contributed by atoms with E-state index in [1.54, 1.807) is 0 Å². The second-order valence-corrected chi connectivity index (χ2v) is 2.47. The summed E-state index contributed by atoms with van der Waals surface area (Å²) in [5.74, 6) is 0.213. The van der Waals surface area contributed by atoms with E-state index >= 15 is 0 Å². The molecule has 0 radical (unpaired) electrons. The van der Waals surface area contributed by atoms with Crippen molar-refractivity contribution in [2.45, 2.75) is 6.42 Å². The molecule has 0 spiro atoms. The number of ether oxygens (including phenoxy) is 1. The highest BCUT2D eigenvalue weighted by molar-refractivity contribution is 5.78. The summed E-state index contributed by atoms with van der Waals surface area (Å²) in [7, 11) is 0. The van der Waals surface area contributed by atoms with E-state index in [2.05, 4.69) is 0 Å². The zero-order valence-electron chi connectivity index (χ0n) is 5.97. The summed E-state index contributed by atoms with van der Waals surface area (Å²) in [6.45, 7) is 3.01. The van der Waals surface area contributed by atoms with Crippen LogP contribution in [0.5, 0.6) is 0 Å². The molecule has 4 heteroatoms. The van der Waals surface area contributed by atoms with Crippen LogP contribution in [0.25, 0.3) is 0 Å². The Morgan fingerprint density at radius 1 is 1.70 bits per heavy atom. The third kappa shape index (κ3) is 2.33. The summed E-state index contributed by atoms with van der Waals surface area (Å²) in [6, 6.07) is 0. The molecule has 0 unspecified atom stereocenters. The molecule has 4 nitrogen and oxygen atoms in total. The van der Waals surface area contributed by atoms with Gasteiger partial charge in [-0.25, -0.2) is 0 Å². The summed E-state index contributed by atoms with van der Waals surface area (Å²) in [4.78, 5) is 2.02. The first-order valence-electron chi connectivity index (χ1n) is 3.42. The first-order chi connectivity index (χ1) is 4.79. The predicted molar refractivity (Wildman–Crippen MR) is 38.9 cm³/mol. The van der Waals surface area contributed by atoms with Crippen molar-refractivity contribution in [3.63, 3.8) is 0 Å². The highest BCUT2D eigenvalue weighted by atomic mass is 16.5. The van der Waals surface area contributed by atoms with Crippen molar-refractivity contribution in [1.29, 1.82) is 5.41 Å². The highest BCUT2D eigenvalue weighted by Crippen LogP contribution is 1.98. The van der Waals surface area contributed by atoms with Crippen molar-refractivity contribution in [1.82, 2.24) is 4.90 Å². The molecule has 0 aromatic rings. The summed E-state index contributed by atoms with van der Waals surface area (Å²) in [5, 5.41) is 7.01. The van der Waals surface area contributed by atoms with Crippen LogP contribution < -0.4 is 5.73 Å². The molecule has 0 amide bonds. The van der Waals surface area contributed by atoms with Gasteiger partial charge in [0.25, 0.3) is 0 Å². The molecule has 3 N–H and O–H groups in total. The van der Waals surface area contributed by atoms with E-state index in [4.69, 9.17) is 15.9 Å². The zero-order chi connectivity index (χ0) is 7.40. The molecule has 1 fully saturated rings. The number of nitrogens with two attached hydrogens (primary N) is 1. The van der Waals surface area contributed by atoms with Crippen LogP contribution in [0, 0.1) is 5.41 Å². The third-order valence-electron chi connectivity index (χ3n) is 1.43. The first-order valence-corrected chi connectivity index (χ1v) is 3.42. The number of hydrogen-bond donors (Lipinski definition) is 2. The fourth-order valence-corrected chi connectivity index (χ4v) is 1.01. The highest BCUT2D eigenvalue weighted by Gasteiger charge is 2.09. The first kappa shape index (κ1) is 7.50. The van der Waals surface area contributed by atoms with Crippen LogP contribution in [0.1, 0.15) is 6.42 Å². The Labute approximate surface area is 60.5 Å².